The van der Waals surface area contributed by atoms with Crippen LogP contribution in [0.2, 0.25) is 0 Å². The van der Waals surface area contributed by atoms with Gasteiger partial charge in [-0.05, 0) is 57.3 Å². The molecule has 0 aliphatic carbocycles. The Morgan fingerprint density at radius 1 is 0.857 bits per heavy atom. The van der Waals surface area contributed by atoms with E-state index in [2.05, 4.69) is 22.6 Å². The molecule has 4 heteroatoms. The van der Waals surface area contributed by atoms with Crippen LogP contribution in [0.1, 0.15) is 16.5 Å². The summed E-state index contributed by atoms with van der Waals surface area (Å²) in [5, 5.41) is 0.860. The van der Waals surface area contributed by atoms with Crippen LogP contribution >= 0.6 is 34.2 Å². The normalized spacial score (nSPS) is 12.6. The van der Waals surface area contributed by atoms with E-state index in [1.165, 1.54) is 18.2 Å². The molecule has 0 aliphatic heterocycles. The molecule has 0 bridgehead atoms. The van der Waals surface area contributed by atoms with E-state index in [0.29, 0.717) is 5.39 Å². The number of benzene rings is 3. The molecule has 0 fully saturated rings. The molecule has 0 heterocycles. The number of hydrogen-bond donors (Lipinski definition) is 0. The fourth-order valence-corrected chi connectivity index (χ4v) is 3.73. The van der Waals surface area contributed by atoms with E-state index in [1.807, 2.05) is 12.1 Å². The lowest BCUT2D eigenvalue weighted by atomic mass is 9.97. The summed E-state index contributed by atoms with van der Waals surface area (Å²) in [6.07, 6.45) is 0. The zero-order valence-electron chi connectivity index (χ0n) is 10.8. The predicted molar refractivity (Wildman–Crippen MR) is 90.7 cm³/mol. The average molecular weight is 415 g/mol. The van der Waals surface area contributed by atoms with Crippen LogP contribution in [0.4, 0.5) is 8.78 Å². The third-order valence-electron chi connectivity index (χ3n) is 3.41. The van der Waals surface area contributed by atoms with E-state index in [4.69, 9.17) is 11.6 Å². The molecule has 0 saturated heterocycles. The number of rotatable bonds is 2. The average Bonchev–Trinajstić information content (AvgIpc) is 2.47. The van der Waals surface area contributed by atoms with Crippen molar-refractivity contribution in [3.8, 4) is 0 Å². The maximum Gasteiger partial charge on any atom is 0.131 e. The van der Waals surface area contributed by atoms with E-state index in [9.17, 15) is 8.78 Å². The van der Waals surface area contributed by atoms with Crippen molar-refractivity contribution in [2.24, 2.45) is 0 Å². The van der Waals surface area contributed by atoms with Gasteiger partial charge >= 0.3 is 0 Å². The van der Waals surface area contributed by atoms with Gasteiger partial charge in [0.25, 0.3) is 0 Å². The number of hydrogen-bond acceptors (Lipinski definition) is 0. The second-order valence-electron chi connectivity index (χ2n) is 4.71. The summed E-state index contributed by atoms with van der Waals surface area (Å²) in [6, 6.07) is 14.8. The first kappa shape index (κ1) is 14.7. The van der Waals surface area contributed by atoms with Gasteiger partial charge in [0.15, 0.2) is 0 Å². The Labute approximate surface area is 139 Å². The largest absolute Gasteiger partial charge is 0.207 e. The fourth-order valence-electron chi connectivity index (χ4n) is 2.38. The van der Waals surface area contributed by atoms with Crippen LogP contribution in [-0.2, 0) is 0 Å². The zero-order valence-corrected chi connectivity index (χ0v) is 13.7. The lowest BCUT2D eigenvalue weighted by Gasteiger charge is -2.15. The van der Waals surface area contributed by atoms with Crippen LogP contribution in [0.15, 0.2) is 54.6 Å². The van der Waals surface area contributed by atoms with Crippen molar-refractivity contribution in [3.05, 3.63) is 80.9 Å². The molecule has 1 unspecified atom stereocenters. The Morgan fingerprint density at radius 3 is 2.24 bits per heavy atom. The SMILES string of the molecule is Fc1ccc(C(Cl)c2ccc(F)c3ccccc23)c(I)c1. The maximum absolute atomic E-state index is 13.9. The van der Waals surface area contributed by atoms with Gasteiger partial charge in [0, 0.05) is 8.96 Å². The summed E-state index contributed by atoms with van der Waals surface area (Å²) in [5.74, 6) is -0.567. The van der Waals surface area contributed by atoms with Crippen molar-refractivity contribution in [3.63, 3.8) is 0 Å². The maximum atomic E-state index is 13.9. The van der Waals surface area contributed by atoms with Gasteiger partial charge in [-0.2, -0.15) is 0 Å². The lowest BCUT2D eigenvalue weighted by molar-refractivity contribution is 0.626. The first-order chi connectivity index (χ1) is 10.1. The molecular formula is C17H10ClF2I. The van der Waals surface area contributed by atoms with E-state index in [1.54, 1.807) is 24.3 Å². The van der Waals surface area contributed by atoms with Crippen LogP contribution < -0.4 is 0 Å². The number of halogens is 4. The summed E-state index contributed by atoms with van der Waals surface area (Å²) in [5.41, 5.74) is 1.63. The topological polar surface area (TPSA) is 0 Å². The molecule has 1 atom stereocenters. The second kappa shape index (κ2) is 5.89. The molecule has 0 nitrogen and oxygen atoms in total. The molecule has 0 amide bonds. The summed E-state index contributed by atoms with van der Waals surface area (Å²) < 4.78 is 27.8. The van der Waals surface area contributed by atoms with Gasteiger partial charge in [0.05, 0.1) is 5.38 Å². The van der Waals surface area contributed by atoms with Gasteiger partial charge in [-0.3, -0.25) is 0 Å². The zero-order chi connectivity index (χ0) is 15.0. The summed E-state index contributed by atoms with van der Waals surface area (Å²) >= 11 is 8.63. The molecule has 0 N–H and O–H groups in total. The fraction of sp³-hybridized carbons (Fsp3) is 0.0588. The van der Waals surface area contributed by atoms with Crippen molar-refractivity contribution in [2.75, 3.05) is 0 Å². The summed E-state index contributed by atoms with van der Waals surface area (Å²) in [6.45, 7) is 0. The third kappa shape index (κ3) is 2.77. The van der Waals surface area contributed by atoms with Crippen molar-refractivity contribution in [1.82, 2.24) is 0 Å². The number of fused-ring (bicyclic) bond motifs is 1. The summed E-state index contributed by atoms with van der Waals surface area (Å²) in [4.78, 5) is 0. The lowest BCUT2D eigenvalue weighted by Crippen LogP contribution is -1.99. The van der Waals surface area contributed by atoms with Gasteiger partial charge in [0.2, 0.25) is 0 Å². The van der Waals surface area contributed by atoms with Crippen molar-refractivity contribution >= 4 is 45.0 Å². The molecule has 3 aromatic carbocycles. The van der Waals surface area contributed by atoms with E-state index in [-0.39, 0.29) is 11.6 Å². The van der Waals surface area contributed by atoms with Crippen LogP contribution in [0.25, 0.3) is 10.8 Å². The molecule has 0 radical (unpaired) electrons. The monoisotopic (exact) mass is 414 g/mol. The van der Waals surface area contributed by atoms with Crippen LogP contribution in [0.5, 0.6) is 0 Å². The highest BCUT2D eigenvalue weighted by Gasteiger charge is 2.18. The molecule has 21 heavy (non-hydrogen) atoms. The van der Waals surface area contributed by atoms with Crippen molar-refractivity contribution in [2.45, 2.75) is 5.38 Å². The van der Waals surface area contributed by atoms with Crippen LogP contribution in [0.3, 0.4) is 0 Å². The first-order valence-electron chi connectivity index (χ1n) is 6.34. The number of alkyl halides is 1. The van der Waals surface area contributed by atoms with Crippen molar-refractivity contribution < 1.29 is 8.78 Å². The highest BCUT2D eigenvalue weighted by Crippen LogP contribution is 2.36. The minimum Gasteiger partial charge on any atom is -0.207 e. The predicted octanol–water partition coefficient (Wildman–Crippen LogP) is 6.05. The van der Waals surface area contributed by atoms with Crippen molar-refractivity contribution in [1.29, 1.82) is 0 Å². The standard InChI is InChI=1S/C17H10ClF2I/c18-17(14-6-5-10(19)9-16(14)21)13-7-8-15(20)12-4-2-1-3-11(12)13/h1-9,17H. The molecule has 0 aromatic heterocycles. The Morgan fingerprint density at radius 2 is 1.52 bits per heavy atom. The van der Waals surface area contributed by atoms with E-state index in [0.717, 1.165) is 20.1 Å². The molecule has 0 spiro atoms. The highest BCUT2D eigenvalue weighted by atomic mass is 127. The molecule has 0 aliphatic rings. The van der Waals surface area contributed by atoms with Gasteiger partial charge in [-0.15, -0.1) is 11.6 Å². The molecule has 0 saturated carbocycles. The Balaban J connectivity index is 2.18. The van der Waals surface area contributed by atoms with Gasteiger partial charge in [-0.1, -0.05) is 36.4 Å². The third-order valence-corrected chi connectivity index (χ3v) is 4.82. The van der Waals surface area contributed by atoms with E-state index < -0.39 is 5.38 Å². The second-order valence-corrected chi connectivity index (χ2v) is 6.31. The quantitative estimate of drug-likeness (QED) is 0.354. The highest BCUT2D eigenvalue weighted by molar-refractivity contribution is 14.1. The van der Waals surface area contributed by atoms with Gasteiger partial charge in [0.1, 0.15) is 11.6 Å². The van der Waals surface area contributed by atoms with Crippen LogP contribution in [0, 0.1) is 15.2 Å². The van der Waals surface area contributed by atoms with E-state index >= 15 is 0 Å². The molecule has 3 aromatic rings. The Kier molecular flexibility index (Phi) is 4.13. The van der Waals surface area contributed by atoms with Crippen LogP contribution in [-0.4, -0.2) is 0 Å². The van der Waals surface area contributed by atoms with Gasteiger partial charge in [-0.25, -0.2) is 8.78 Å². The minimum atomic E-state index is -0.456. The molecule has 106 valence electrons. The minimum absolute atomic E-state index is 0.271. The first-order valence-corrected chi connectivity index (χ1v) is 7.85. The van der Waals surface area contributed by atoms with Gasteiger partial charge < -0.3 is 0 Å². The summed E-state index contributed by atoms with van der Waals surface area (Å²) in [7, 11) is 0. The Hall–Kier alpha value is -1.20. The Bertz CT molecular complexity index is 817. The molecular weight excluding hydrogens is 405 g/mol. The smallest absolute Gasteiger partial charge is 0.131 e. The molecule has 3 rings (SSSR count).